The summed E-state index contributed by atoms with van der Waals surface area (Å²) in [7, 11) is 0. The summed E-state index contributed by atoms with van der Waals surface area (Å²) < 4.78 is 238. The van der Waals surface area contributed by atoms with Gasteiger partial charge in [0.25, 0.3) is 0 Å². The molecule has 0 unspecified atom stereocenters. The van der Waals surface area contributed by atoms with Crippen molar-refractivity contribution < 1.29 is 65.9 Å². The summed E-state index contributed by atoms with van der Waals surface area (Å²) in [5.74, 6) is -34.9. The fourth-order valence-corrected chi connectivity index (χ4v) is 12.2. The van der Waals surface area contributed by atoms with Gasteiger partial charge in [0.05, 0.1) is 67.2 Å². The topological polar surface area (TPSA) is 84.5 Å². The van der Waals surface area contributed by atoms with Gasteiger partial charge in [-0.1, -0.05) is 91.0 Å². The van der Waals surface area contributed by atoms with Gasteiger partial charge in [0.2, 0.25) is 17.5 Å². The van der Waals surface area contributed by atoms with Gasteiger partial charge in [-0.25, -0.2) is 65.9 Å². The van der Waals surface area contributed by atoms with E-state index in [1.54, 1.807) is 112 Å². The normalized spacial score (nSPS) is 22.1. The molecule has 6 nitrogen and oxygen atoms in total. The summed E-state index contributed by atoms with van der Waals surface area (Å²) in [5, 5.41) is 0. The molecule has 7 heterocycles. The third kappa shape index (κ3) is 8.63. The molecule has 0 fully saturated rings. The van der Waals surface area contributed by atoms with Crippen molar-refractivity contribution in [2.45, 2.75) is 37.0 Å². The van der Waals surface area contributed by atoms with Crippen molar-refractivity contribution in [3.8, 4) is 0 Å². The molecule has 9 aromatic rings. The minimum Gasteiger partial charge on any atom is -0.357 e. The van der Waals surface area contributed by atoms with E-state index in [0.29, 0.717) is 16.7 Å². The molecule has 450 valence electrons. The number of nitrogens with one attached hydrogen (secondary N) is 3. The standard InChI is InChI=1S/C69H39F15N6/c1-67(31-13-7-4-8-14-31)40-25-19-34(85-40)46(49-52(70)58(76)64(82)59(77)53(49)71)36-21-27-42(87-36)68(2,32-15-9-5-10-16-32)44-29-23-38(89-44)48(51-56(74)62(80)66(84)63(81)57(51)75)39-24-30-45(90-39)69(3,33-17-11-6-12-18-33)43-28-22-37(88-43)47(35-20-26-41(67)86-35)50-54(72)60(78)65(83)61(79)55(50)73/h4-30,85-86,89H,1-3H3/b46-36+,47-37+,48-39+/t67-,68+,69-/m0/s1. The lowest BCUT2D eigenvalue weighted by Gasteiger charge is -2.30. The van der Waals surface area contributed by atoms with E-state index in [9.17, 15) is 13.2 Å². The Bertz CT molecular complexity index is 4780. The first-order valence-corrected chi connectivity index (χ1v) is 27.4. The van der Waals surface area contributed by atoms with E-state index in [0.717, 1.165) is 0 Å². The molecule has 90 heavy (non-hydrogen) atoms. The van der Waals surface area contributed by atoms with Crippen molar-refractivity contribution in [3.05, 3.63) is 336 Å². The molecular formula is C69H39F15N6. The molecule has 0 saturated carbocycles. The maximum absolute atomic E-state index is 16.6. The highest BCUT2D eigenvalue weighted by Gasteiger charge is 2.44. The number of aliphatic imine (C=N–C) groups is 3. The first-order valence-electron chi connectivity index (χ1n) is 27.4. The van der Waals surface area contributed by atoms with Crippen LogP contribution < -0.4 is 0 Å². The van der Waals surface area contributed by atoms with E-state index in [4.69, 9.17) is 15.0 Å². The number of aromatic amines is 3. The van der Waals surface area contributed by atoms with Gasteiger partial charge in [0.1, 0.15) is 0 Å². The van der Waals surface area contributed by atoms with Crippen molar-refractivity contribution in [1.29, 1.82) is 0 Å². The number of rotatable bonds is 6. The summed E-state index contributed by atoms with van der Waals surface area (Å²) in [6.45, 7) is 4.81. The largest absolute Gasteiger partial charge is 0.357 e. The number of benzene rings is 6. The van der Waals surface area contributed by atoms with E-state index in [1.807, 2.05) is 0 Å². The predicted molar refractivity (Wildman–Crippen MR) is 308 cm³/mol. The molecule has 6 aromatic carbocycles. The highest BCUT2D eigenvalue weighted by atomic mass is 19.2. The van der Waals surface area contributed by atoms with Crippen LogP contribution in [0.5, 0.6) is 0 Å². The number of aromatic nitrogens is 3. The zero-order valence-electron chi connectivity index (χ0n) is 46.6. The highest BCUT2D eigenvalue weighted by molar-refractivity contribution is 6.26. The Hall–Kier alpha value is -10.4. The van der Waals surface area contributed by atoms with Crippen molar-refractivity contribution >= 4 is 33.9 Å². The lowest BCUT2D eigenvalue weighted by Crippen LogP contribution is -2.38. The zero-order chi connectivity index (χ0) is 63.6. The number of allylic oxidation sites excluding steroid dienone is 6. The second kappa shape index (κ2) is 21.4. The third-order valence-corrected chi connectivity index (χ3v) is 17.1. The molecule has 0 saturated heterocycles. The monoisotopic (exact) mass is 1240 g/mol. The van der Waals surface area contributed by atoms with Gasteiger partial charge in [-0.2, -0.15) is 0 Å². The molecule has 3 atom stereocenters. The van der Waals surface area contributed by atoms with Crippen LogP contribution in [0.2, 0.25) is 0 Å². The number of hydrogen-bond acceptors (Lipinski definition) is 3. The lowest BCUT2D eigenvalue weighted by atomic mass is 9.74. The number of nitrogens with zero attached hydrogens (tertiary/aromatic N) is 3. The molecule has 0 spiro atoms. The minimum absolute atomic E-state index is 0.000270. The Kier molecular flexibility index (Phi) is 13.9. The SMILES string of the molecule is C[C@@]1(c2ccccc2)C2=N/C(=C(/c3c(F)c(F)c(F)c(F)c3F)c3ccc([nH]3)[C@](C)(c3ccccc3)C3=N/C(=C(/c4c(F)c(F)c(F)c(F)c4F)c4ccc([nH]4)[C@](C)(c4ccccc4)c4ccc([nH]4)/C(c4c(F)c(F)c(F)c(F)c4F)=C4/C=CC1=N4)C=C3)C=C2. The van der Waals surface area contributed by atoms with Crippen molar-refractivity contribution in [2.24, 2.45) is 15.0 Å². The van der Waals surface area contributed by atoms with Crippen molar-refractivity contribution in [1.82, 2.24) is 15.0 Å². The fourth-order valence-electron chi connectivity index (χ4n) is 12.2. The minimum atomic E-state index is -2.48. The molecule has 21 heteroatoms. The second-order valence-corrected chi connectivity index (χ2v) is 21.9. The molecule has 0 amide bonds. The van der Waals surface area contributed by atoms with Crippen LogP contribution in [0.15, 0.2) is 196 Å². The molecule has 3 aromatic heterocycles. The van der Waals surface area contributed by atoms with Gasteiger partial charge in [-0.15, -0.1) is 0 Å². The molecule has 3 N–H and O–H groups in total. The first kappa shape index (κ1) is 58.6. The van der Waals surface area contributed by atoms with E-state index >= 15 is 52.7 Å². The van der Waals surface area contributed by atoms with Crippen LogP contribution in [0, 0.1) is 87.3 Å². The molecule has 0 aliphatic carbocycles. The van der Waals surface area contributed by atoms with Gasteiger partial charge in [0, 0.05) is 50.9 Å². The molecule has 4 aliphatic rings. The zero-order valence-corrected chi connectivity index (χ0v) is 46.6. The molecule has 4 aliphatic heterocycles. The van der Waals surface area contributed by atoms with E-state index in [2.05, 4.69) is 15.0 Å². The highest BCUT2D eigenvalue weighted by Crippen LogP contribution is 2.47. The summed E-state index contributed by atoms with van der Waals surface area (Å²) >= 11 is 0. The quantitative estimate of drug-likeness (QED) is 0.0842. The van der Waals surface area contributed by atoms with E-state index in [-0.39, 0.29) is 51.3 Å². The number of halogens is 15. The number of fused-ring (bicyclic) bond motifs is 9. The Morgan fingerprint density at radius 1 is 0.256 bits per heavy atom. The van der Waals surface area contributed by atoms with Gasteiger partial charge in [-0.05, 0) is 110 Å². The van der Waals surface area contributed by atoms with Crippen LogP contribution in [-0.2, 0) is 16.2 Å². The predicted octanol–water partition coefficient (Wildman–Crippen LogP) is 17.4. The summed E-state index contributed by atoms with van der Waals surface area (Å²) in [6, 6.07) is 32.7. The Labute approximate surface area is 500 Å². The van der Waals surface area contributed by atoms with E-state index in [1.165, 1.54) is 72.9 Å². The molecular weight excluding hydrogens is 1200 g/mol. The lowest BCUT2D eigenvalue weighted by molar-refractivity contribution is 0.376. The fraction of sp³-hybridized carbons (Fsp3) is 0.0870. The van der Waals surface area contributed by atoms with Gasteiger partial charge in [-0.3, -0.25) is 15.0 Å². The second-order valence-electron chi connectivity index (χ2n) is 21.9. The number of hydrogen-bond donors (Lipinski definition) is 3. The summed E-state index contributed by atoms with van der Waals surface area (Å²) in [6.07, 6.45) is 7.77. The molecule has 0 radical (unpaired) electrons. The van der Waals surface area contributed by atoms with Crippen molar-refractivity contribution in [3.63, 3.8) is 0 Å². The van der Waals surface area contributed by atoms with Crippen LogP contribution in [0.3, 0.4) is 0 Å². The molecule has 12 bridgehead atoms. The van der Waals surface area contributed by atoms with Crippen LogP contribution in [-0.4, -0.2) is 32.1 Å². The molecule has 13 rings (SSSR count). The average molecular weight is 1240 g/mol. The Morgan fingerprint density at radius 3 is 0.778 bits per heavy atom. The third-order valence-electron chi connectivity index (χ3n) is 17.1. The summed E-state index contributed by atoms with van der Waals surface area (Å²) in [4.78, 5) is 23.8. The summed E-state index contributed by atoms with van der Waals surface area (Å²) in [5.41, 5.74) is -12.0. The van der Waals surface area contributed by atoms with Gasteiger partial charge >= 0.3 is 0 Å². The Balaban J connectivity index is 1.17. The van der Waals surface area contributed by atoms with Crippen LogP contribution >= 0.6 is 0 Å². The van der Waals surface area contributed by atoms with Crippen LogP contribution in [0.4, 0.5) is 65.9 Å². The van der Waals surface area contributed by atoms with Gasteiger partial charge in [0.15, 0.2) is 69.8 Å². The smallest absolute Gasteiger partial charge is 0.200 e. The number of H-pyrrole nitrogens is 3. The maximum atomic E-state index is 16.6. The van der Waals surface area contributed by atoms with Crippen LogP contribution in [0.25, 0.3) is 16.7 Å². The Morgan fingerprint density at radius 2 is 0.489 bits per heavy atom. The maximum Gasteiger partial charge on any atom is 0.200 e. The first-order chi connectivity index (χ1) is 43.0. The van der Waals surface area contributed by atoms with E-state index < -0.39 is 154 Å². The van der Waals surface area contributed by atoms with Crippen molar-refractivity contribution in [2.75, 3.05) is 0 Å². The average Bonchev–Trinajstić information content (AvgIpc) is 1.55. The van der Waals surface area contributed by atoms with Crippen LogP contribution in [0.1, 0.15) is 88.3 Å². The van der Waals surface area contributed by atoms with Gasteiger partial charge < -0.3 is 15.0 Å².